The summed E-state index contributed by atoms with van der Waals surface area (Å²) in [6.45, 7) is 1.78. The number of anilines is 1. The van der Waals surface area contributed by atoms with Crippen molar-refractivity contribution in [1.29, 1.82) is 0 Å². The van der Waals surface area contributed by atoms with Crippen LogP contribution >= 0.6 is 11.6 Å². The average Bonchev–Trinajstić information content (AvgIpc) is 2.57. The van der Waals surface area contributed by atoms with E-state index >= 15 is 0 Å². The van der Waals surface area contributed by atoms with E-state index in [2.05, 4.69) is 15.8 Å². The summed E-state index contributed by atoms with van der Waals surface area (Å²) in [4.78, 5) is 23.6. The first-order chi connectivity index (χ1) is 11.5. The molecule has 0 spiro atoms. The smallest absolute Gasteiger partial charge is 0.329 e. The van der Waals surface area contributed by atoms with E-state index < -0.39 is 11.8 Å². The van der Waals surface area contributed by atoms with Gasteiger partial charge in [-0.1, -0.05) is 23.7 Å². The molecular weight excluding hydrogens is 330 g/mol. The highest BCUT2D eigenvalue weighted by molar-refractivity contribution is 6.39. The number of hydrazone groups is 1. The Morgan fingerprint density at radius 2 is 1.92 bits per heavy atom. The lowest BCUT2D eigenvalue weighted by Gasteiger charge is -2.07. The zero-order valence-electron chi connectivity index (χ0n) is 13.2. The largest absolute Gasteiger partial charge is 0.496 e. The van der Waals surface area contributed by atoms with E-state index in [1.165, 1.54) is 13.3 Å². The third-order valence-corrected chi connectivity index (χ3v) is 3.39. The summed E-state index contributed by atoms with van der Waals surface area (Å²) in [5, 5.41) is 6.82. The maximum atomic E-state index is 11.9. The Morgan fingerprint density at radius 1 is 1.17 bits per heavy atom. The highest BCUT2D eigenvalue weighted by atomic mass is 35.5. The van der Waals surface area contributed by atoms with Gasteiger partial charge in [0.15, 0.2) is 0 Å². The summed E-state index contributed by atoms with van der Waals surface area (Å²) in [7, 11) is 1.53. The number of halogens is 1. The van der Waals surface area contributed by atoms with Crippen molar-refractivity contribution in [2.24, 2.45) is 5.10 Å². The van der Waals surface area contributed by atoms with Crippen LogP contribution in [0.2, 0.25) is 5.02 Å². The number of hydrogen-bond acceptors (Lipinski definition) is 4. The fourth-order valence-corrected chi connectivity index (χ4v) is 2.16. The Labute approximate surface area is 144 Å². The minimum atomic E-state index is -0.879. The van der Waals surface area contributed by atoms with Crippen molar-refractivity contribution in [2.75, 3.05) is 12.4 Å². The molecule has 0 aliphatic heterocycles. The van der Waals surface area contributed by atoms with Crippen molar-refractivity contribution in [3.8, 4) is 5.75 Å². The molecule has 124 valence electrons. The molecule has 0 fully saturated rings. The van der Waals surface area contributed by atoms with Crippen LogP contribution in [-0.2, 0) is 9.59 Å². The van der Waals surface area contributed by atoms with Crippen LogP contribution in [-0.4, -0.2) is 25.1 Å². The molecule has 0 bridgehead atoms. The molecule has 0 aliphatic rings. The lowest BCUT2D eigenvalue weighted by Crippen LogP contribution is -2.32. The van der Waals surface area contributed by atoms with Crippen molar-refractivity contribution in [1.82, 2.24) is 5.43 Å². The third kappa shape index (κ3) is 4.57. The molecule has 2 rings (SSSR count). The highest BCUT2D eigenvalue weighted by Crippen LogP contribution is 2.19. The van der Waals surface area contributed by atoms with Gasteiger partial charge in [-0.3, -0.25) is 9.59 Å². The van der Waals surface area contributed by atoms with Gasteiger partial charge in [-0.2, -0.15) is 5.10 Å². The molecule has 2 aromatic rings. The lowest BCUT2D eigenvalue weighted by molar-refractivity contribution is -0.136. The molecule has 0 heterocycles. The molecule has 0 unspecified atom stereocenters. The second kappa shape index (κ2) is 8.12. The Balaban J connectivity index is 1.96. The molecule has 6 nitrogen and oxygen atoms in total. The van der Waals surface area contributed by atoms with Gasteiger partial charge < -0.3 is 10.1 Å². The Kier molecular flexibility index (Phi) is 5.92. The van der Waals surface area contributed by atoms with Crippen molar-refractivity contribution >= 4 is 35.3 Å². The maximum Gasteiger partial charge on any atom is 0.329 e. The molecule has 0 atom stereocenters. The number of para-hydroxylation sites is 1. The van der Waals surface area contributed by atoms with E-state index in [0.29, 0.717) is 22.0 Å². The van der Waals surface area contributed by atoms with Gasteiger partial charge in [-0.25, -0.2) is 5.43 Å². The van der Waals surface area contributed by atoms with Gasteiger partial charge >= 0.3 is 11.8 Å². The molecule has 0 saturated heterocycles. The summed E-state index contributed by atoms with van der Waals surface area (Å²) in [6.07, 6.45) is 1.40. The van der Waals surface area contributed by atoms with Crippen LogP contribution in [0.5, 0.6) is 5.75 Å². The van der Waals surface area contributed by atoms with E-state index in [1.807, 2.05) is 12.1 Å². The second-order valence-electron chi connectivity index (χ2n) is 4.85. The topological polar surface area (TPSA) is 79.8 Å². The summed E-state index contributed by atoms with van der Waals surface area (Å²) >= 11 is 5.85. The SMILES string of the molecule is COc1ccccc1/C=N/NC(=O)C(=O)Nc1ccc(Cl)cc1C. The predicted octanol–water partition coefficient (Wildman–Crippen LogP) is 2.75. The van der Waals surface area contributed by atoms with E-state index in [1.54, 1.807) is 37.3 Å². The molecule has 0 saturated carbocycles. The van der Waals surface area contributed by atoms with Gasteiger partial charge in [-0.15, -0.1) is 0 Å². The summed E-state index contributed by atoms with van der Waals surface area (Å²) in [5.41, 5.74) is 4.10. The number of benzene rings is 2. The molecule has 0 radical (unpaired) electrons. The van der Waals surface area contributed by atoms with E-state index in [4.69, 9.17) is 16.3 Å². The number of hydrogen-bond donors (Lipinski definition) is 2. The van der Waals surface area contributed by atoms with Gasteiger partial charge in [0.1, 0.15) is 5.75 Å². The molecule has 2 amide bonds. The Bertz CT molecular complexity index is 790. The van der Waals surface area contributed by atoms with Crippen LogP contribution in [0.3, 0.4) is 0 Å². The fraction of sp³-hybridized carbons (Fsp3) is 0.118. The quantitative estimate of drug-likeness (QED) is 0.508. The first-order valence-corrected chi connectivity index (χ1v) is 7.42. The van der Waals surface area contributed by atoms with Gasteiger partial charge in [-0.05, 0) is 42.8 Å². The lowest BCUT2D eigenvalue weighted by atomic mass is 10.2. The summed E-state index contributed by atoms with van der Waals surface area (Å²) in [5.74, 6) is -1.09. The first kappa shape index (κ1) is 17.5. The van der Waals surface area contributed by atoms with Crippen LogP contribution in [0.1, 0.15) is 11.1 Å². The molecule has 7 heteroatoms. The van der Waals surface area contributed by atoms with Gasteiger partial charge in [0, 0.05) is 16.3 Å². The van der Waals surface area contributed by atoms with Crippen molar-refractivity contribution in [2.45, 2.75) is 6.92 Å². The van der Waals surface area contributed by atoms with E-state index in [0.717, 1.165) is 5.56 Å². The number of ether oxygens (including phenoxy) is 1. The van der Waals surface area contributed by atoms with Crippen molar-refractivity contribution in [3.63, 3.8) is 0 Å². The van der Waals surface area contributed by atoms with Crippen molar-refractivity contribution in [3.05, 3.63) is 58.6 Å². The van der Waals surface area contributed by atoms with Crippen LogP contribution in [0.15, 0.2) is 47.6 Å². The molecule has 0 aliphatic carbocycles. The number of methoxy groups -OCH3 is 1. The zero-order chi connectivity index (χ0) is 17.5. The summed E-state index contributed by atoms with van der Waals surface area (Å²) in [6, 6.07) is 12.1. The fourth-order valence-electron chi connectivity index (χ4n) is 1.93. The Morgan fingerprint density at radius 3 is 2.62 bits per heavy atom. The number of nitrogens with one attached hydrogen (secondary N) is 2. The summed E-state index contributed by atoms with van der Waals surface area (Å²) < 4.78 is 5.16. The zero-order valence-corrected chi connectivity index (χ0v) is 13.9. The van der Waals surface area contributed by atoms with Crippen LogP contribution in [0.25, 0.3) is 0 Å². The van der Waals surface area contributed by atoms with Gasteiger partial charge in [0.2, 0.25) is 0 Å². The number of nitrogens with zero attached hydrogens (tertiary/aromatic N) is 1. The Hall–Kier alpha value is -2.86. The first-order valence-electron chi connectivity index (χ1n) is 7.05. The number of aryl methyl sites for hydroxylation is 1. The minimum Gasteiger partial charge on any atom is -0.496 e. The van der Waals surface area contributed by atoms with Crippen molar-refractivity contribution < 1.29 is 14.3 Å². The standard InChI is InChI=1S/C17H16ClN3O3/c1-11-9-13(18)7-8-14(11)20-16(22)17(23)21-19-10-12-5-3-4-6-15(12)24-2/h3-10H,1-2H3,(H,20,22)(H,21,23)/b19-10+. The molecule has 0 aromatic heterocycles. The van der Waals surface area contributed by atoms with Crippen LogP contribution < -0.4 is 15.5 Å². The maximum absolute atomic E-state index is 11.9. The normalized spacial score (nSPS) is 10.5. The van der Waals surface area contributed by atoms with Crippen LogP contribution in [0.4, 0.5) is 5.69 Å². The van der Waals surface area contributed by atoms with Crippen LogP contribution in [0, 0.1) is 6.92 Å². The van der Waals surface area contributed by atoms with Gasteiger partial charge in [0.25, 0.3) is 0 Å². The number of carbonyl (C=O) groups excluding carboxylic acids is 2. The minimum absolute atomic E-state index is 0.508. The molecular formula is C17H16ClN3O3. The van der Waals surface area contributed by atoms with E-state index in [9.17, 15) is 9.59 Å². The second-order valence-corrected chi connectivity index (χ2v) is 5.29. The predicted molar refractivity (Wildman–Crippen MR) is 93.5 cm³/mol. The van der Waals surface area contributed by atoms with E-state index in [-0.39, 0.29) is 0 Å². The van der Waals surface area contributed by atoms with Gasteiger partial charge in [0.05, 0.1) is 13.3 Å². The number of amides is 2. The third-order valence-electron chi connectivity index (χ3n) is 3.15. The monoisotopic (exact) mass is 345 g/mol. The average molecular weight is 346 g/mol. The molecule has 2 aromatic carbocycles. The number of carbonyl (C=O) groups is 2. The molecule has 24 heavy (non-hydrogen) atoms. The molecule has 2 N–H and O–H groups in total. The highest BCUT2D eigenvalue weighted by Gasteiger charge is 2.14. The number of rotatable bonds is 4.